The predicted molar refractivity (Wildman–Crippen MR) is 124 cm³/mol. The number of pyridine rings is 2. The fraction of sp³-hybridized carbons (Fsp3) is 0.0714. The molecule has 3 nitrogen and oxygen atoms in total. The molecule has 8 rings (SSSR count). The number of rotatable bonds is 0. The van der Waals surface area contributed by atoms with Gasteiger partial charge in [0.2, 0.25) is 0 Å². The lowest BCUT2D eigenvalue weighted by Crippen LogP contribution is -1.94. The van der Waals surface area contributed by atoms with E-state index in [-0.39, 0.29) is 0 Å². The molecule has 0 atom stereocenters. The van der Waals surface area contributed by atoms with E-state index in [0.29, 0.717) is 0 Å². The van der Waals surface area contributed by atoms with Crippen molar-refractivity contribution >= 4 is 27.5 Å². The lowest BCUT2D eigenvalue weighted by Gasteiger charge is -2.12. The lowest BCUT2D eigenvalue weighted by atomic mass is 9.94. The maximum Gasteiger partial charge on any atom is 0.145 e. The van der Waals surface area contributed by atoms with Crippen LogP contribution in [0.2, 0.25) is 0 Å². The fourth-order valence-corrected chi connectivity index (χ4v) is 5.91. The van der Waals surface area contributed by atoms with Gasteiger partial charge >= 0.3 is 0 Å². The maximum absolute atomic E-state index is 4.79. The van der Waals surface area contributed by atoms with Crippen molar-refractivity contribution in [3.05, 3.63) is 102 Å². The van der Waals surface area contributed by atoms with Crippen molar-refractivity contribution in [3.8, 4) is 22.3 Å². The van der Waals surface area contributed by atoms with Gasteiger partial charge in [0.15, 0.2) is 0 Å². The van der Waals surface area contributed by atoms with Crippen LogP contribution in [0.3, 0.4) is 0 Å². The first-order valence-electron chi connectivity index (χ1n) is 10.8. The van der Waals surface area contributed by atoms with Gasteiger partial charge < -0.3 is 0 Å². The Labute approximate surface area is 178 Å². The molecule has 0 radical (unpaired) electrons. The third-order valence-corrected chi connectivity index (χ3v) is 7.20. The second-order valence-electron chi connectivity index (χ2n) is 8.64. The van der Waals surface area contributed by atoms with Gasteiger partial charge in [-0.3, -0.25) is 9.38 Å². The molecule has 2 aliphatic carbocycles. The van der Waals surface area contributed by atoms with Crippen LogP contribution in [0.25, 0.3) is 49.7 Å². The molecule has 0 spiro atoms. The molecule has 0 unspecified atom stereocenters. The molecule has 2 aliphatic rings. The summed E-state index contributed by atoms with van der Waals surface area (Å²) in [4.78, 5) is 9.54. The van der Waals surface area contributed by atoms with Crippen LogP contribution in [0.5, 0.6) is 0 Å². The lowest BCUT2D eigenvalue weighted by molar-refractivity contribution is 1.16. The molecular weight excluding hydrogens is 378 g/mol. The Morgan fingerprint density at radius 3 is 2.55 bits per heavy atom. The summed E-state index contributed by atoms with van der Waals surface area (Å²) >= 11 is 0. The summed E-state index contributed by atoms with van der Waals surface area (Å²) in [5, 5.41) is 2.41. The highest BCUT2D eigenvalue weighted by Gasteiger charge is 2.30. The zero-order chi connectivity index (χ0) is 20.1. The predicted octanol–water partition coefficient (Wildman–Crippen LogP) is 6.18. The summed E-state index contributed by atoms with van der Waals surface area (Å²) in [6.45, 7) is 0. The number of imidazole rings is 1. The Hall–Kier alpha value is -3.98. The topological polar surface area (TPSA) is 30.2 Å². The summed E-state index contributed by atoms with van der Waals surface area (Å²) in [7, 11) is 0. The number of aromatic nitrogens is 3. The second-order valence-corrected chi connectivity index (χ2v) is 8.64. The van der Waals surface area contributed by atoms with Crippen LogP contribution in [-0.2, 0) is 12.8 Å². The van der Waals surface area contributed by atoms with Crippen LogP contribution in [0.4, 0.5) is 0 Å². The summed E-state index contributed by atoms with van der Waals surface area (Å²) in [5.74, 6) is 0. The molecule has 0 saturated carbocycles. The van der Waals surface area contributed by atoms with Gasteiger partial charge in [-0.25, -0.2) is 4.98 Å². The number of hydrogen-bond donors (Lipinski definition) is 0. The second kappa shape index (κ2) is 5.38. The summed E-state index contributed by atoms with van der Waals surface area (Å²) in [6, 6.07) is 22.2. The monoisotopic (exact) mass is 395 g/mol. The van der Waals surface area contributed by atoms with E-state index in [2.05, 4.69) is 59.0 Å². The number of benzene rings is 3. The van der Waals surface area contributed by atoms with E-state index < -0.39 is 0 Å². The minimum atomic E-state index is 0.991. The van der Waals surface area contributed by atoms with Gasteiger partial charge in [-0.2, -0.15) is 0 Å². The highest BCUT2D eigenvalue weighted by molar-refractivity contribution is 6.17. The minimum absolute atomic E-state index is 0.991. The molecule has 0 saturated heterocycles. The zero-order valence-corrected chi connectivity index (χ0v) is 16.8. The number of nitrogens with zero attached hydrogens (tertiary/aromatic N) is 3. The van der Waals surface area contributed by atoms with Gasteiger partial charge in [-0.05, 0) is 69.5 Å². The molecule has 0 bridgehead atoms. The Kier molecular flexibility index (Phi) is 2.74. The molecule has 0 aliphatic heterocycles. The molecule has 144 valence electrons. The molecule has 3 aromatic heterocycles. The van der Waals surface area contributed by atoms with Crippen LogP contribution >= 0.6 is 0 Å². The van der Waals surface area contributed by atoms with Crippen molar-refractivity contribution in [1.29, 1.82) is 0 Å². The van der Waals surface area contributed by atoms with Crippen molar-refractivity contribution in [1.82, 2.24) is 14.4 Å². The molecule has 3 heterocycles. The Bertz CT molecular complexity index is 1740. The maximum atomic E-state index is 4.79. The smallest absolute Gasteiger partial charge is 0.145 e. The summed E-state index contributed by atoms with van der Waals surface area (Å²) in [6.07, 6.45) is 7.85. The van der Waals surface area contributed by atoms with Crippen LogP contribution in [0, 0.1) is 0 Å². The summed E-state index contributed by atoms with van der Waals surface area (Å²) < 4.78 is 2.19. The van der Waals surface area contributed by atoms with Crippen LogP contribution in [0.15, 0.2) is 79.3 Å². The zero-order valence-electron chi connectivity index (χ0n) is 16.8. The quantitative estimate of drug-likeness (QED) is 0.287. The van der Waals surface area contributed by atoms with E-state index in [0.717, 1.165) is 29.5 Å². The van der Waals surface area contributed by atoms with Crippen LogP contribution in [0.1, 0.15) is 22.3 Å². The summed E-state index contributed by atoms with van der Waals surface area (Å²) in [5.41, 5.74) is 14.5. The molecular formula is C28H17N3. The molecule has 0 amide bonds. The van der Waals surface area contributed by atoms with E-state index in [1.165, 1.54) is 55.3 Å². The Balaban J connectivity index is 1.51. The van der Waals surface area contributed by atoms with Gasteiger partial charge in [0.05, 0.1) is 11.0 Å². The van der Waals surface area contributed by atoms with Gasteiger partial charge in [-0.15, -0.1) is 0 Å². The molecule has 31 heavy (non-hydrogen) atoms. The number of hydrogen-bond acceptors (Lipinski definition) is 2. The highest BCUT2D eigenvalue weighted by Crippen LogP contribution is 2.49. The van der Waals surface area contributed by atoms with Crippen molar-refractivity contribution in [2.75, 3.05) is 0 Å². The van der Waals surface area contributed by atoms with Gasteiger partial charge in [0.25, 0.3) is 0 Å². The first kappa shape index (κ1) is 15.8. The molecule has 0 N–H and O–H groups in total. The third-order valence-electron chi connectivity index (χ3n) is 7.20. The normalized spacial score (nSPS) is 13.5. The Morgan fingerprint density at radius 2 is 1.55 bits per heavy atom. The standard InChI is InChI=1S/C28H17N3/c1-2-5-18-16(4-1)14-22-19(18)9-10-20-23(22)15-17-7-8-21-26(25(17)20)28-30-12-13-31(28)24-6-3-11-29-27(21)24/h1-13H,14-15H2. The largest absolute Gasteiger partial charge is 0.298 e. The minimum Gasteiger partial charge on any atom is -0.298 e. The van der Waals surface area contributed by atoms with Crippen molar-refractivity contribution < 1.29 is 0 Å². The van der Waals surface area contributed by atoms with E-state index in [1.54, 1.807) is 0 Å². The molecule has 6 aromatic rings. The van der Waals surface area contributed by atoms with Crippen LogP contribution in [-0.4, -0.2) is 14.4 Å². The molecule has 3 heteroatoms. The third kappa shape index (κ3) is 1.85. The molecule has 0 fully saturated rings. The van der Waals surface area contributed by atoms with Crippen LogP contribution < -0.4 is 0 Å². The first-order valence-corrected chi connectivity index (χ1v) is 10.8. The van der Waals surface area contributed by atoms with E-state index in [4.69, 9.17) is 9.97 Å². The van der Waals surface area contributed by atoms with Gasteiger partial charge in [0.1, 0.15) is 5.65 Å². The van der Waals surface area contributed by atoms with E-state index in [9.17, 15) is 0 Å². The van der Waals surface area contributed by atoms with Crippen molar-refractivity contribution in [3.63, 3.8) is 0 Å². The average molecular weight is 395 g/mol. The SMILES string of the molecule is c1ccc2c(c1)Cc1c-2ccc2c1Cc1ccc3c4ncccc4n4ccnc4c3c1-2. The first-order chi connectivity index (χ1) is 15.4. The highest BCUT2D eigenvalue weighted by atomic mass is 15.0. The average Bonchev–Trinajstić information content (AvgIpc) is 3.53. The Morgan fingerprint density at radius 1 is 0.677 bits per heavy atom. The fourth-order valence-electron chi connectivity index (χ4n) is 5.91. The van der Waals surface area contributed by atoms with Crippen molar-refractivity contribution in [2.24, 2.45) is 0 Å². The van der Waals surface area contributed by atoms with Crippen molar-refractivity contribution in [2.45, 2.75) is 12.8 Å². The number of fused-ring (bicyclic) bond motifs is 14. The van der Waals surface area contributed by atoms with Gasteiger partial charge in [0, 0.05) is 29.4 Å². The van der Waals surface area contributed by atoms with Gasteiger partial charge in [-0.1, -0.05) is 48.5 Å². The van der Waals surface area contributed by atoms with E-state index in [1.807, 2.05) is 24.7 Å². The molecule has 3 aromatic carbocycles. The van der Waals surface area contributed by atoms with E-state index >= 15 is 0 Å².